The normalized spacial score (nSPS) is 30.5. The van der Waals surface area contributed by atoms with Crippen molar-refractivity contribution in [1.82, 2.24) is 15.2 Å². The molecule has 2 fully saturated rings. The van der Waals surface area contributed by atoms with Crippen LogP contribution in [0.5, 0.6) is 0 Å². The third-order valence-corrected chi connectivity index (χ3v) is 4.70. The molecule has 100 valence electrons. The third-order valence-electron chi connectivity index (χ3n) is 4.70. The van der Waals surface area contributed by atoms with E-state index in [0.29, 0.717) is 11.3 Å². The van der Waals surface area contributed by atoms with Gasteiger partial charge in [-0.1, -0.05) is 13.8 Å². The van der Waals surface area contributed by atoms with Gasteiger partial charge in [0, 0.05) is 19.0 Å². The summed E-state index contributed by atoms with van der Waals surface area (Å²) in [6.45, 7) is 7.36. The van der Waals surface area contributed by atoms with E-state index in [9.17, 15) is 0 Å². The highest BCUT2D eigenvalue weighted by atomic mass is 15.4. The van der Waals surface area contributed by atoms with Gasteiger partial charge in [-0.25, -0.2) is 0 Å². The lowest BCUT2D eigenvalue weighted by Gasteiger charge is -2.38. The van der Waals surface area contributed by atoms with Crippen molar-refractivity contribution >= 4 is 5.95 Å². The van der Waals surface area contributed by atoms with Crippen LogP contribution in [0, 0.1) is 11.3 Å². The Labute approximate surface area is 108 Å². The van der Waals surface area contributed by atoms with Gasteiger partial charge in [0.25, 0.3) is 0 Å². The third kappa shape index (κ3) is 2.11. The van der Waals surface area contributed by atoms with Gasteiger partial charge in [0.05, 0.1) is 0 Å². The van der Waals surface area contributed by atoms with E-state index in [4.69, 9.17) is 5.73 Å². The molecule has 1 aromatic heterocycles. The number of hydrogen-bond acceptors (Lipinski definition) is 4. The lowest BCUT2D eigenvalue weighted by molar-refractivity contribution is 0.257. The minimum absolute atomic E-state index is 0.306. The number of aromatic amines is 1. The molecule has 2 atom stereocenters. The van der Waals surface area contributed by atoms with E-state index in [1.54, 1.807) is 0 Å². The minimum Gasteiger partial charge on any atom is -0.340 e. The fourth-order valence-corrected chi connectivity index (χ4v) is 2.73. The lowest BCUT2D eigenvalue weighted by atomic mass is 9.81. The highest BCUT2D eigenvalue weighted by Crippen LogP contribution is 2.45. The molecule has 1 aliphatic heterocycles. The second kappa shape index (κ2) is 4.23. The molecule has 1 aliphatic carbocycles. The molecule has 2 unspecified atom stereocenters. The number of nitrogens with zero attached hydrogens (tertiary/aromatic N) is 3. The van der Waals surface area contributed by atoms with Gasteiger partial charge in [-0.2, -0.15) is 4.98 Å². The van der Waals surface area contributed by atoms with Crippen molar-refractivity contribution in [2.24, 2.45) is 17.1 Å². The van der Waals surface area contributed by atoms with Crippen LogP contribution in [-0.4, -0.2) is 34.8 Å². The van der Waals surface area contributed by atoms with Gasteiger partial charge in [0.1, 0.15) is 5.82 Å². The summed E-state index contributed by atoms with van der Waals surface area (Å²) in [5.74, 6) is 3.34. The van der Waals surface area contributed by atoms with Gasteiger partial charge in [0.15, 0.2) is 0 Å². The predicted octanol–water partition coefficient (Wildman–Crippen LogP) is 1.49. The Bertz CT molecular complexity index is 419. The van der Waals surface area contributed by atoms with Crippen LogP contribution in [0.1, 0.15) is 44.9 Å². The average molecular weight is 249 g/mol. The number of piperidine rings is 1. The average Bonchev–Trinajstić information content (AvgIpc) is 2.92. The number of H-pyrrole nitrogens is 1. The van der Waals surface area contributed by atoms with Crippen molar-refractivity contribution in [3.63, 3.8) is 0 Å². The van der Waals surface area contributed by atoms with Crippen molar-refractivity contribution in [2.45, 2.75) is 39.0 Å². The van der Waals surface area contributed by atoms with E-state index in [2.05, 4.69) is 33.9 Å². The standard InChI is InChI=1S/C13H23N5/c1-9-7-10(9)11-15-12(17-16-11)18-5-3-13(2,8-14)4-6-18/h9-10H,3-8,14H2,1-2H3,(H,15,16,17). The Morgan fingerprint density at radius 3 is 2.67 bits per heavy atom. The zero-order valence-corrected chi connectivity index (χ0v) is 11.3. The van der Waals surface area contributed by atoms with Crippen molar-refractivity contribution in [2.75, 3.05) is 24.5 Å². The summed E-state index contributed by atoms with van der Waals surface area (Å²) in [6, 6.07) is 0. The van der Waals surface area contributed by atoms with Crippen LogP contribution in [0.2, 0.25) is 0 Å². The minimum atomic E-state index is 0.306. The van der Waals surface area contributed by atoms with Crippen molar-refractivity contribution in [3.05, 3.63) is 5.82 Å². The molecule has 0 amide bonds. The molecule has 0 radical (unpaired) electrons. The monoisotopic (exact) mass is 249 g/mol. The summed E-state index contributed by atoms with van der Waals surface area (Å²) < 4.78 is 0. The number of hydrogen-bond donors (Lipinski definition) is 2. The van der Waals surface area contributed by atoms with Gasteiger partial charge in [-0.05, 0) is 37.1 Å². The molecular weight excluding hydrogens is 226 g/mol. The maximum absolute atomic E-state index is 5.83. The van der Waals surface area contributed by atoms with E-state index in [0.717, 1.165) is 50.2 Å². The maximum Gasteiger partial charge on any atom is 0.244 e. The van der Waals surface area contributed by atoms with Gasteiger partial charge in [0.2, 0.25) is 5.95 Å². The number of nitrogens with one attached hydrogen (secondary N) is 1. The molecule has 1 saturated carbocycles. The Hall–Kier alpha value is -1.10. The first-order valence-electron chi connectivity index (χ1n) is 6.99. The number of anilines is 1. The molecule has 18 heavy (non-hydrogen) atoms. The first kappa shape index (κ1) is 12.0. The van der Waals surface area contributed by atoms with E-state index < -0.39 is 0 Å². The second-order valence-electron chi connectivity index (χ2n) is 6.34. The second-order valence-corrected chi connectivity index (χ2v) is 6.34. The van der Waals surface area contributed by atoms with Crippen LogP contribution in [-0.2, 0) is 0 Å². The summed E-state index contributed by atoms with van der Waals surface area (Å²) in [4.78, 5) is 6.93. The number of aromatic nitrogens is 3. The SMILES string of the molecule is CC1CC1c1nc(N2CCC(C)(CN)CC2)n[nH]1. The van der Waals surface area contributed by atoms with Crippen LogP contribution in [0.25, 0.3) is 0 Å². The van der Waals surface area contributed by atoms with E-state index in [-0.39, 0.29) is 0 Å². The molecule has 1 aromatic rings. The topological polar surface area (TPSA) is 70.8 Å². The zero-order valence-electron chi connectivity index (χ0n) is 11.3. The smallest absolute Gasteiger partial charge is 0.244 e. The van der Waals surface area contributed by atoms with Gasteiger partial charge < -0.3 is 10.6 Å². The lowest BCUT2D eigenvalue weighted by Crippen LogP contribution is -2.42. The summed E-state index contributed by atoms with van der Waals surface area (Å²) in [6.07, 6.45) is 3.51. The van der Waals surface area contributed by atoms with Crippen LogP contribution >= 0.6 is 0 Å². The molecule has 2 aliphatic rings. The molecule has 0 aromatic carbocycles. The first-order chi connectivity index (χ1) is 8.61. The van der Waals surface area contributed by atoms with Crippen LogP contribution in [0.3, 0.4) is 0 Å². The molecule has 1 saturated heterocycles. The van der Waals surface area contributed by atoms with Crippen LogP contribution in [0.4, 0.5) is 5.95 Å². The summed E-state index contributed by atoms with van der Waals surface area (Å²) in [5.41, 5.74) is 6.14. The predicted molar refractivity (Wildman–Crippen MR) is 71.5 cm³/mol. The van der Waals surface area contributed by atoms with Gasteiger partial charge in [-0.3, -0.25) is 5.10 Å². The quantitative estimate of drug-likeness (QED) is 0.851. The maximum atomic E-state index is 5.83. The van der Waals surface area contributed by atoms with Crippen molar-refractivity contribution in [1.29, 1.82) is 0 Å². The molecule has 0 spiro atoms. The molecular formula is C13H23N5. The van der Waals surface area contributed by atoms with E-state index in [1.807, 2.05) is 0 Å². The van der Waals surface area contributed by atoms with Gasteiger partial charge >= 0.3 is 0 Å². The molecule has 3 rings (SSSR count). The van der Waals surface area contributed by atoms with Crippen molar-refractivity contribution < 1.29 is 0 Å². The Morgan fingerprint density at radius 1 is 1.44 bits per heavy atom. The highest BCUT2D eigenvalue weighted by molar-refractivity contribution is 5.31. The fraction of sp³-hybridized carbons (Fsp3) is 0.846. The molecule has 5 nitrogen and oxygen atoms in total. The molecule has 2 heterocycles. The van der Waals surface area contributed by atoms with E-state index in [1.165, 1.54) is 6.42 Å². The fourth-order valence-electron chi connectivity index (χ4n) is 2.73. The summed E-state index contributed by atoms with van der Waals surface area (Å²) >= 11 is 0. The Kier molecular flexibility index (Phi) is 2.81. The first-order valence-corrected chi connectivity index (χ1v) is 6.99. The Morgan fingerprint density at radius 2 is 2.11 bits per heavy atom. The van der Waals surface area contributed by atoms with E-state index >= 15 is 0 Å². The molecule has 5 heteroatoms. The summed E-state index contributed by atoms with van der Waals surface area (Å²) in [5, 5.41) is 7.47. The van der Waals surface area contributed by atoms with Crippen LogP contribution in [0.15, 0.2) is 0 Å². The number of rotatable bonds is 3. The molecule has 0 bridgehead atoms. The number of nitrogens with two attached hydrogens (primary N) is 1. The summed E-state index contributed by atoms with van der Waals surface area (Å²) in [7, 11) is 0. The zero-order chi connectivity index (χ0) is 12.8. The van der Waals surface area contributed by atoms with Crippen molar-refractivity contribution in [3.8, 4) is 0 Å². The van der Waals surface area contributed by atoms with Gasteiger partial charge in [-0.15, -0.1) is 5.10 Å². The van der Waals surface area contributed by atoms with Crippen LogP contribution < -0.4 is 10.6 Å². The highest BCUT2D eigenvalue weighted by Gasteiger charge is 2.37. The molecule has 3 N–H and O–H groups in total. The largest absolute Gasteiger partial charge is 0.340 e. The Balaban J connectivity index is 1.64.